The Hall–Kier alpha value is -0.940. The van der Waals surface area contributed by atoms with Gasteiger partial charge < -0.3 is 19.7 Å². The third-order valence-corrected chi connectivity index (χ3v) is 3.37. The first-order valence-corrected chi connectivity index (χ1v) is 6.63. The fourth-order valence-electron chi connectivity index (χ4n) is 2.08. The minimum absolute atomic E-state index is 0.0639. The largest absolute Gasteiger partial charge is 0.395 e. The topological polar surface area (TPSA) is 58.9 Å². The molecule has 0 amide bonds. The van der Waals surface area contributed by atoms with Crippen LogP contribution in [0.5, 0.6) is 0 Å². The maximum atomic E-state index is 9.65. The molecule has 0 unspecified atom stereocenters. The van der Waals surface area contributed by atoms with Crippen LogP contribution in [0.15, 0.2) is 30.3 Å². The van der Waals surface area contributed by atoms with Gasteiger partial charge in [-0.25, -0.2) is 0 Å². The number of benzene rings is 1. The molecular formula is C15H24O4. The molecule has 0 atom stereocenters. The normalized spacial score (nSPS) is 11.7. The molecule has 0 aliphatic rings. The molecule has 4 heteroatoms. The number of hydrogen-bond donors (Lipinski definition) is 2. The second kappa shape index (κ2) is 9.04. The number of rotatable bonds is 10. The summed E-state index contributed by atoms with van der Waals surface area (Å²) in [5.41, 5.74) is 0.392. The van der Waals surface area contributed by atoms with Gasteiger partial charge in [0.1, 0.15) is 0 Å². The van der Waals surface area contributed by atoms with E-state index in [4.69, 9.17) is 9.47 Å². The Labute approximate surface area is 115 Å². The van der Waals surface area contributed by atoms with Gasteiger partial charge in [-0.15, -0.1) is 0 Å². The molecule has 0 bridgehead atoms. The van der Waals surface area contributed by atoms with Gasteiger partial charge in [-0.05, 0) is 18.4 Å². The first-order chi connectivity index (χ1) is 9.29. The van der Waals surface area contributed by atoms with Gasteiger partial charge in [0.25, 0.3) is 0 Å². The van der Waals surface area contributed by atoms with E-state index in [9.17, 15) is 10.2 Å². The van der Waals surface area contributed by atoms with E-state index in [1.165, 1.54) is 0 Å². The van der Waals surface area contributed by atoms with E-state index < -0.39 is 5.41 Å². The van der Waals surface area contributed by atoms with E-state index in [2.05, 4.69) is 0 Å². The summed E-state index contributed by atoms with van der Waals surface area (Å²) in [7, 11) is 1.64. The van der Waals surface area contributed by atoms with Crippen molar-refractivity contribution in [1.82, 2.24) is 0 Å². The van der Waals surface area contributed by atoms with Crippen molar-refractivity contribution in [2.45, 2.75) is 18.3 Å². The minimum atomic E-state index is -0.578. The van der Waals surface area contributed by atoms with Crippen LogP contribution in [0.2, 0.25) is 0 Å². The standard InChI is InChI=1S/C15H24O4/c1-18-10-11-19-9-5-8-15(12-16,13-17)14-6-3-2-4-7-14/h2-4,6-7,16-17H,5,8-13H2,1H3. The lowest BCUT2D eigenvalue weighted by atomic mass is 9.78. The predicted octanol–water partition coefficient (Wildman–Crippen LogP) is 1.35. The molecule has 19 heavy (non-hydrogen) atoms. The highest BCUT2D eigenvalue weighted by Gasteiger charge is 2.30. The Morgan fingerprint density at radius 3 is 2.26 bits per heavy atom. The lowest BCUT2D eigenvalue weighted by Gasteiger charge is -2.30. The molecule has 2 N–H and O–H groups in total. The van der Waals surface area contributed by atoms with Crippen molar-refractivity contribution in [3.8, 4) is 0 Å². The molecule has 0 radical (unpaired) electrons. The zero-order valence-electron chi connectivity index (χ0n) is 11.5. The van der Waals surface area contributed by atoms with Crippen LogP contribution in [0.25, 0.3) is 0 Å². The third-order valence-electron chi connectivity index (χ3n) is 3.37. The van der Waals surface area contributed by atoms with E-state index in [1.807, 2.05) is 30.3 Å². The molecule has 0 heterocycles. The maximum Gasteiger partial charge on any atom is 0.0700 e. The molecule has 0 aromatic heterocycles. The van der Waals surface area contributed by atoms with Crippen LogP contribution in [0, 0.1) is 0 Å². The van der Waals surface area contributed by atoms with Crippen molar-refractivity contribution in [1.29, 1.82) is 0 Å². The van der Waals surface area contributed by atoms with Gasteiger partial charge in [0.2, 0.25) is 0 Å². The van der Waals surface area contributed by atoms with Crippen molar-refractivity contribution in [2.75, 3.05) is 40.1 Å². The lowest BCUT2D eigenvalue weighted by Crippen LogP contribution is -2.35. The first kappa shape index (κ1) is 16.1. The van der Waals surface area contributed by atoms with Gasteiger partial charge in [0, 0.05) is 19.1 Å². The second-order valence-corrected chi connectivity index (χ2v) is 4.67. The zero-order valence-corrected chi connectivity index (χ0v) is 11.5. The minimum Gasteiger partial charge on any atom is -0.395 e. The molecule has 1 rings (SSSR count). The van der Waals surface area contributed by atoms with E-state index in [1.54, 1.807) is 7.11 Å². The Kier molecular flexibility index (Phi) is 7.67. The van der Waals surface area contributed by atoms with Crippen molar-refractivity contribution >= 4 is 0 Å². The van der Waals surface area contributed by atoms with Crippen LogP contribution < -0.4 is 0 Å². The highest BCUT2D eigenvalue weighted by atomic mass is 16.5. The second-order valence-electron chi connectivity index (χ2n) is 4.67. The summed E-state index contributed by atoms with van der Waals surface area (Å²) < 4.78 is 10.3. The summed E-state index contributed by atoms with van der Waals surface area (Å²) in [5.74, 6) is 0. The average molecular weight is 268 g/mol. The van der Waals surface area contributed by atoms with E-state index >= 15 is 0 Å². The van der Waals surface area contributed by atoms with Crippen LogP contribution >= 0.6 is 0 Å². The third kappa shape index (κ3) is 4.91. The van der Waals surface area contributed by atoms with Gasteiger partial charge in [0.05, 0.1) is 26.4 Å². The molecular weight excluding hydrogens is 244 g/mol. The molecule has 1 aromatic rings. The monoisotopic (exact) mass is 268 g/mol. The number of hydrogen-bond acceptors (Lipinski definition) is 4. The Morgan fingerprint density at radius 1 is 1.00 bits per heavy atom. The highest BCUT2D eigenvalue weighted by molar-refractivity contribution is 5.25. The van der Waals surface area contributed by atoms with Crippen LogP contribution in [0.3, 0.4) is 0 Å². The average Bonchev–Trinajstić information content (AvgIpc) is 2.48. The smallest absolute Gasteiger partial charge is 0.0700 e. The van der Waals surface area contributed by atoms with E-state index in [0.29, 0.717) is 26.2 Å². The molecule has 0 fully saturated rings. The van der Waals surface area contributed by atoms with E-state index in [0.717, 1.165) is 12.0 Å². The van der Waals surface area contributed by atoms with Crippen LogP contribution in [-0.2, 0) is 14.9 Å². The molecule has 0 aliphatic carbocycles. The van der Waals surface area contributed by atoms with Crippen LogP contribution in [0.1, 0.15) is 18.4 Å². The molecule has 0 aliphatic heterocycles. The molecule has 4 nitrogen and oxygen atoms in total. The summed E-state index contributed by atoms with van der Waals surface area (Å²) in [6.07, 6.45) is 1.48. The number of aliphatic hydroxyl groups is 2. The first-order valence-electron chi connectivity index (χ1n) is 6.63. The SMILES string of the molecule is COCCOCCCC(CO)(CO)c1ccccc1. The summed E-state index contributed by atoms with van der Waals surface area (Å²) in [5, 5.41) is 19.3. The number of aliphatic hydroxyl groups excluding tert-OH is 2. The van der Waals surface area contributed by atoms with Crippen molar-refractivity contribution in [3.05, 3.63) is 35.9 Å². The summed E-state index contributed by atoms with van der Waals surface area (Å²) in [6.45, 7) is 1.64. The zero-order chi connectivity index (χ0) is 14.0. The fourth-order valence-corrected chi connectivity index (χ4v) is 2.08. The Morgan fingerprint density at radius 2 is 1.68 bits per heavy atom. The van der Waals surface area contributed by atoms with Gasteiger partial charge in [-0.3, -0.25) is 0 Å². The van der Waals surface area contributed by atoms with Gasteiger partial charge in [0.15, 0.2) is 0 Å². The Balaban J connectivity index is 2.48. The molecule has 0 saturated carbocycles. The molecule has 108 valence electrons. The fraction of sp³-hybridized carbons (Fsp3) is 0.600. The van der Waals surface area contributed by atoms with E-state index in [-0.39, 0.29) is 13.2 Å². The molecule has 0 saturated heterocycles. The quantitative estimate of drug-likeness (QED) is 0.629. The van der Waals surface area contributed by atoms with Crippen molar-refractivity contribution in [3.63, 3.8) is 0 Å². The van der Waals surface area contributed by atoms with Crippen molar-refractivity contribution in [2.24, 2.45) is 0 Å². The molecule has 1 aromatic carbocycles. The van der Waals surface area contributed by atoms with Gasteiger partial charge >= 0.3 is 0 Å². The number of ether oxygens (including phenoxy) is 2. The Bertz CT molecular complexity index is 322. The summed E-state index contributed by atoms with van der Waals surface area (Å²) in [6, 6.07) is 9.66. The molecule has 0 spiro atoms. The van der Waals surface area contributed by atoms with Crippen molar-refractivity contribution < 1.29 is 19.7 Å². The van der Waals surface area contributed by atoms with Gasteiger partial charge in [-0.2, -0.15) is 0 Å². The summed E-state index contributed by atoms with van der Waals surface area (Å²) >= 11 is 0. The van der Waals surface area contributed by atoms with Crippen LogP contribution in [0.4, 0.5) is 0 Å². The number of methoxy groups -OCH3 is 1. The highest BCUT2D eigenvalue weighted by Crippen LogP contribution is 2.28. The van der Waals surface area contributed by atoms with Crippen LogP contribution in [-0.4, -0.2) is 50.4 Å². The predicted molar refractivity (Wildman–Crippen MR) is 74.2 cm³/mol. The lowest BCUT2D eigenvalue weighted by molar-refractivity contribution is 0.0571. The maximum absolute atomic E-state index is 9.65. The summed E-state index contributed by atoms with van der Waals surface area (Å²) in [4.78, 5) is 0. The van der Waals surface area contributed by atoms with Gasteiger partial charge in [-0.1, -0.05) is 30.3 Å².